The van der Waals surface area contributed by atoms with Gasteiger partial charge in [-0.25, -0.2) is 4.79 Å². The van der Waals surface area contributed by atoms with E-state index in [0.717, 1.165) is 32.1 Å². The third kappa shape index (κ3) is 4.51. The molecule has 3 N–H and O–H groups in total. The molecule has 0 saturated heterocycles. The van der Waals surface area contributed by atoms with E-state index in [9.17, 15) is 9.90 Å². The highest BCUT2D eigenvalue weighted by Crippen LogP contribution is 2.32. The maximum atomic E-state index is 10.7. The molecular weight excluding hydrogens is 194 g/mol. The van der Waals surface area contributed by atoms with E-state index in [4.69, 9.17) is 10.5 Å². The summed E-state index contributed by atoms with van der Waals surface area (Å²) in [5.74, 6) is 0.433. The van der Waals surface area contributed by atoms with Crippen molar-refractivity contribution in [2.75, 3.05) is 0 Å². The first-order valence-electron chi connectivity index (χ1n) is 5.55. The molecule has 1 aliphatic rings. The van der Waals surface area contributed by atoms with Crippen LogP contribution < -0.4 is 5.73 Å². The van der Waals surface area contributed by atoms with E-state index in [0.29, 0.717) is 5.92 Å². The molecule has 1 fully saturated rings. The number of amides is 1. The van der Waals surface area contributed by atoms with Gasteiger partial charge in [0, 0.05) is 0 Å². The zero-order valence-electron chi connectivity index (χ0n) is 9.53. The zero-order valence-corrected chi connectivity index (χ0v) is 9.53. The van der Waals surface area contributed by atoms with Gasteiger partial charge in [-0.3, -0.25) is 0 Å². The number of nitrogens with two attached hydrogens (primary N) is 1. The van der Waals surface area contributed by atoms with Crippen LogP contribution in [0.5, 0.6) is 0 Å². The number of hydrogen-bond donors (Lipinski definition) is 2. The number of aliphatic hydroxyl groups excluding tert-OH is 1. The molecule has 2 unspecified atom stereocenters. The largest absolute Gasteiger partial charge is 0.444 e. The normalized spacial score (nSPS) is 27.4. The van der Waals surface area contributed by atoms with Gasteiger partial charge in [0.25, 0.3) is 0 Å². The van der Waals surface area contributed by atoms with Crippen molar-refractivity contribution in [1.82, 2.24) is 0 Å². The Labute approximate surface area is 90.8 Å². The fourth-order valence-electron chi connectivity index (χ4n) is 2.46. The van der Waals surface area contributed by atoms with Crippen molar-refractivity contribution in [2.45, 2.75) is 57.7 Å². The molecule has 0 aromatic rings. The van der Waals surface area contributed by atoms with Gasteiger partial charge in [-0.05, 0) is 39.0 Å². The molecule has 4 nitrogen and oxygen atoms in total. The van der Waals surface area contributed by atoms with Gasteiger partial charge in [-0.2, -0.15) is 0 Å². The highest BCUT2D eigenvalue weighted by molar-refractivity contribution is 5.65. The van der Waals surface area contributed by atoms with Crippen molar-refractivity contribution < 1.29 is 14.6 Å². The highest BCUT2D eigenvalue weighted by atomic mass is 16.6. The van der Waals surface area contributed by atoms with E-state index in [1.54, 1.807) is 0 Å². The van der Waals surface area contributed by atoms with Crippen LogP contribution in [0.15, 0.2) is 0 Å². The Balaban J connectivity index is 2.41. The van der Waals surface area contributed by atoms with Crippen molar-refractivity contribution in [2.24, 2.45) is 11.7 Å². The molecule has 1 aliphatic carbocycles. The molecular formula is C11H21NO3. The van der Waals surface area contributed by atoms with Crippen molar-refractivity contribution in [3.63, 3.8) is 0 Å². The number of carbonyl (C=O) groups excluding carboxylic acids is 1. The van der Waals surface area contributed by atoms with Gasteiger partial charge in [0.1, 0.15) is 5.60 Å². The summed E-state index contributed by atoms with van der Waals surface area (Å²) in [6.07, 6.45) is 3.72. The van der Waals surface area contributed by atoms with Crippen LogP contribution in [0.3, 0.4) is 0 Å². The number of aliphatic hydroxyl groups is 1. The molecule has 0 aromatic heterocycles. The van der Waals surface area contributed by atoms with E-state index in [1.165, 1.54) is 0 Å². The second kappa shape index (κ2) is 4.84. The second-order valence-corrected chi connectivity index (χ2v) is 5.07. The Hall–Kier alpha value is -0.770. The minimum Gasteiger partial charge on any atom is -0.444 e. The number of hydrogen-bond acceptors (Lipinski definition) is 3. The standard InChI is InChI=1S/C11H21NO3/c1-11(2,15-10(12)14)7-8-4-3-5-9(13)6-8/h8-9,13H,3-7H2,1-2H3,(H2,12,14). The number of ether oxygens (including phenoxy) is 1. The molecule has 2 atom stereocenters. The van der Waals surface area contributed by atoms with Crippen LogP contribution in [-0.2, 0) is 4.74 Å². The Kier molecular flexibility index (Phi) is 3.97. The topological polar surface area (TPSA) is 72.6 Å². The highest BCUT2D eigenvalue weighted by Gasteiger charge is 2.29. The molecule has 0 radical (unpaired) electrons. The summed E-state index contributed by atoms with van der Waals surface area (Å²) in [4.78, 5) is 10.7. The van der Waals surface area contributed by atoms with Crippen LogP contribution in [0, 0.1) is 5.92 Å². The summed E-state index contributed by atoms with van der Waals surface area (Å²) >= 11 is 0. The quantitative estimate of drug-likeness (QED) is 0.754. The van der Waals surface area contributed by atoms with Crippen LogP contribution in [0.1, 0.15) is 46.0 Å². The summed E-state index contributed by atoms with van der Waals surface area (Å²) < 4.78 is 5.03. The van der Waals surface area contributed by atoms with Crippen molar-refractivity contribution in [3.05, 3.63) is 0 Å². The third-order valence-electron chi connectivity index (χ3n) is 2.91. The fourth-order valence-corrected chi connectivity index (χ4v) is 2.46. The Morgan fingerprint density at radius 3 is 2.73 bits per heavy atom. The predicted molar refractivity (Wildman–Crippen MR) is 57.3 cm³/mol. The Morgan fingerprint density at radius 2 is 2.20 bits per heavy atom. The van der Waals surface area contributed by atoms with Crippen molar-refractivity contribution in [1.29, 1.82) is 0 Å². The van der Waals surface area contributed by atoms with Gasteiger partial charge in [0.2, 0.25) is 0 Å². The number of carbonyl (C=O) groups is 1. The fraction of sp³-hybridized carbons (Fsp3) is 0.909. The summed E-state index contributed by atoms with van der Waals surface area (Å²) in [6, 6.07) is 0. The summed E-state index contributed by atoms with van der Waals surface area (Å²) in [7, 11) is 0. The Morgan fingerprint density at radius 1 is 1.53 bits per heavy atom. The number of rotatable bonds is 3. The van der Waals surface area contributed by atoms with Crippen LogP contribution in [0.4, 0.5) is 4.79 Å². The monoisotopic (exact) mass is 215 g/mol. The van der Waals surface area contributed by atoms with E-state index < -0.39 is 11.7 Å². The molecule has 1 amide bonds. The third-order valence-corrected chi connectivity index (χ3v) is 2.91. The van der Waals surface area contributed by atoms with Crippen LogP contribution >= 0.6 is 0 Å². The molecule has 1 rings (SSSR count). The summed E-state index contributed by atoms with van der Waals surface area (Å²) in [5, 5.41) is 9.53. The van der Waals surface area contributed by atoms with Gasteiger partial charge in [0.05, 0.1) is 6.10 Å². The first-order valence-corrected chi connectivity index (χ1v) is 5.55. The molecule has 4 heteroatoms. The van der Waals surface area contributed by atoms with Crippen molar-refractivity contribution >= 4 is 6.09 Å². The zero-order chi connectivity index (χ0) is 11.5. The Bertz CT molecular complexity index is 228. The number of primary amides is 1. The average molecular weight is 215 g/mol. The van der Waals surface area contributed by atoms with Gasteiger partial charge in [-0.15, -0.1) is 0 Å². The van der Waals surface area contributed by atoms with Crippen LogP contribution in [0.25, 0.3) is 0 Å². The van der Waals surface area contributed by atoms with E-state index in [1.807, 2.05) is 13.8 Å². The maximum absolute atomic E-state index is 10.7. The average Bonchev–Trinajstić information content (AvgIpc) is 1.99. The molecule has 88 valence electrons. The van der Waals surface area contributed by atoms with Gasteiger partial charge in [-0.1, -0.05) is 12.8 Å². The lowest BCUT2D eigenvalue weighted by atomic mass is 9.81. The van der Waals surface area contributed by atoms with Gasteiger partial charge >= 0.3 is 6.09 Å². The van der Waals surface area contributed by atoms with Crippen molar-refractivity contribution in [3.8, 4) is 0 Å². The first kappa shape index (κ1) is 12.3. The van der Waals surface area contributed by atoms with Crippen LogP contribution in [-0.4, -0.2) is 22.9 Å². The smallest absolute Gasteiger partial charge is 0.405 e. The summed E-state index contributed by atoms with van der Waals surface area (Å²) in [6.45, 7) is 3.72. The van der Waals surface area contributed by atoms with E-state index >= 15 is 0 Å². The second-order valence-electron chi connectivity index (χ2n) is 5.07. The molecule has 0 spiro atoms. The van der Waals surface area contributed by atoms with Gasteiger partial charge < -0.3 is 15.6 Å². The van der Waals surface area contributed by atoms with Gasteiger partial charge in [0.15, 0.2) is 0 Å². The first-order chi connectivity index (χ1) is 6.89. The van der Waals surface area contributed by atoms with E-state index in [-0.39, 0.29) is 6.10 Å². The molecule has 0 aliphatic heterocycles. The lowest BCUT2D eigenvalue weighted by Crippen LogP contribution is -2.35. The molecule has 0 heterocycles. The van der Waals surface area contributed by atoms with Crippen LogP contribution in [0.2, 0.25) is 0 Å². The lowest BCUT2D eigenvalue weighted by Gasteiger charge is -2.32. The molecule has 0 aromatic carbocycles. The minimum absolute atomic E-state index is 0.187. The van der Waals surface area contributed by atoms with E-state index in [2.05, 4.69) is 0 Å². The maximum Gasteiger partial charge on any atom is 0.405 e. The molecule has 15 heavy (non-hydrogen) atoms. The molecule has 0 bridgehead atoms. The summed E-state index contributed by atoms with van der Waals surface area (Å²) in [5.41, 5.74) is 4.48. The predicted octanol–water partition coefficient (Wildman–Crippen LogP) is 1.80. The lowest BCUT2D eigenvalue weighted by molar-refractivity contribution is 0.00938. The SMILES string of the molecule is CC(C)(CC1CCCC(O)C1)OC(N)=O. The minimum atomic E-state index is -0.726. The molecule has 1 saturated carbocycles.